The number of hydrogen-bond acceptors (Lipinski definition) is 3. The number of rotatable bonds is 3. The molecule has 0 spiro atoms. The summed E-state index contributed by atoms with van der Waals surface area (Å²) in [7, 11) is 2.04. The second-order valence-electron chi connectivity index (χ2n) is 4.26. The molecule has 0 radical (unpaired) electrons. The van der Waals surface area contributed by atoms with Gasteiger partial charge in [0, 0.05) is 36.2 Å². The molecule has 4 nitrogen and oxygen atoms in total. The smallest absolute Gasteiger partial charge is 0.155 e. The van der Waals surface area contributed by atoms with Gasteiger partial charge in [-0.15, -0.1) is 0 Å². The summed E-state index contributed by atoms with van der Waals surface area (Å²) in [6.07, 6.45) is 11.1. The Kier molecular flexibility index (Phi) is 1.79. The Hall–Kier alpha value is -1.42. The zero-order chi connectivity index (χ0) is 10.3. The van der Waals surface area contributed by atoms with E-state index < -0.39 is 0 Å². The van der Waals surface area contributed by atoms with E-state index in [-0.39, 0.29) is 0 Å². The molecule has 0 amide bonds. The Morgan fingerprint density at radius 2 is 2.33 bits per heavy atom. The first-order valence-electron chi connectivity index (χ1n) is 5.28. The minimum absolute atomic E-state index is 0.333. The van der Waals surface area contributed by atoms with Crippen LogP contribution in [-0.2, 0) is 6.42 Å². The molecule has 1 saturated carbocycles. The van der Waals surface area contributed by atoms with Crippen LogP contribution in [0.5, 0.6) is 0 Å². The molecule has 0 bridgehead atoms. The highest BCUT2D eigenvalue weighted by Crippen LogP contribution is 2.38. The fourth-order valence-electron chi connectivity index (χ4n) is 2.04. The second-order valence-corrected chi connectivity index (χ2v) is 4.26. The lowest BCUT2D eigenvalue weighted by molar-refractivity contribution is 0.540. The molecule has 0 saturated heterocycles. The molecule has 0 atom stereocenters. The van der Waals surface area contributed by atoms with E-state index in [0.717, 1.165) is 12.1 Å². The normalized spacial score (nSPS) is 18.2. The third kappa shape index (κ3) is 1.41. The van der Waals surface area contributed by atoms with Crippen molar-refractivity contribution in [2.45, 2.75) is 24.8 Å². The highest BCUT2D eigenvalue weighted by molar-refractivity contribution is 5.37. The van der Waals surface area contributed by atoms with Crippen LogP contribution in [0.1, 0.15) is 18.5 Å². The van der Waals surface area contributed by atoms with Crippen molar-refractivity contribution in [3.8, 4) is 0 Å². The minimum Gasteiger partial charge on any atom is -0.314 e. The maximum atomic E-state index is 4.34. The molecule has 1 aliphatic carbocycles. The SMILES string of the molecule is CNC1(Cc2cnc3cnccn23)CC1. The Balaban J connectivity index is 1.98. The van der Waals surface area contributed by atoms with E-state index in [9.17, 15) is 0 Å². The fourth-order valence-corrected chi connectivity index (χ4v) is 2.04. The van der Waals surface area contributed by atoms with Crippen LogP contribution in [0, 0.1) is 0 Å². The Labute approximate surface area is 88.4 Å². The summed E-state index contributed by atoms with van der Waals surface area (Å²) in [5, 5.41) is 3.40. The van der Waals surface area contributed by atoms with Gasteiger partial charge in [-0.2, -0.15) is 0 Å². The standard InChI is InChI=1S/C11H14N4/c1-12-11(2-3-11)6-9-7-14-10-8-13-4-5-15(9)10/h4-5,7-8,12H,2-3,6H2,1H3. The number of nitrogens with one attached hydrogen (secondary N) is 1. The summed E-state index contributed by atoms with van der Waals surface area (Å²) >= 11 is 0. The van der Waals surface area contributed by atoms with Crippen molar-refractivity contribution in [1.82, 2.24) is 19.7 Å². The van der Waals surface area contributed by atoms with E-state index in [1.807, 2.05) is 19.4 Å². The maximum absolute atomic E-state index is 4.34. The van der Waals surface area contributed by atoms with Gasteiger partial charge in [-0.25, -0.2) is 4.98 Å². The predicted molar refractivity (Wildman–Crippen MR) is 57.7 cm³/mol. The maximum Gasteiger partial charge on any atom is 0.155 e. The Bertz CT molecular complexity index is 484. The van der Waals surface area contributed by atoms with Gasteiger partial charge >= 0.3 is 0 Å². The molecule has 0 aromatic carbocycles. The lowest BCUT2D eigenvalue weighted by Crippen LogP contribution is -2.30. The zero-order valence-corrected chi connectivity index (χ0v) is 8.77. The molecule has 1 fully saturated rings. The van der Waals surface area contributed by atoms with Crippen molar-refractivity contribution in [2.75, 3.05) is 7.05 Å². The molecular weight excluding hydrogens is 188 g/mol. The van der Waals surface area contributed by atoms with Crippen LogP contribution < -0.4 is 5.32 Å². The van der Waals surface area contributed by atoms with Gasteiger partial charge in [-0.1, -0.05) is 0 Å². The van der Waals surface area contributed by atoms with Crippen LogP contribution in [0.4, 0.5) is 0 Å². The highest BCUT2D eigenvalue weighted by atomic mass is 15.0. The zero-order valence-electron chi connectivity index (χ0n) is 8.77. The van der Waals surface area contributed by atoms with Gasteiger partial charge in [0.05, 0.1) is 6.20 Å². The molecule has 4 heteroatoms. The van der Waals surface area contributed by atoms with Crippen molar-refractivity contribution in [1.29, 1.82) is 0 Å². The van der Waals surface area contributed by atoms with Crippen molar-refractivity contribution >= 4 is 5.65 Å². The first-order chi connectivity index (χ1) is 7.33. The molecule has 3 rings (SSSR count). The van der Waals surface area contributed by atoms with E-state index in [1.54, 1.807) is 12.4 Å². The second kappa shape index (κ2) is 3.03. The van der Waals surface area contributed by atoms with Crippen LogP contribution in [0.15, 0.2) is 24.8 Å². The molecule has 2 aromatic rings. The van der Waals surface area contributed by atoms with Crippen LogP contribution in [0.3, 0.4) is 0 Å². The molecular formula is C11H14N4. The van der Waals surface area contributed by atoms with Gasteiger partial charge in [0.2, 0.25) is 0 Å². The molecule has 1 aliphatic rings. The summed E-state index contributed by atoms with van der Waals surface area (Å²) in [5.74, 6) is 0. The summed E-state index contributed by atoms with van der Waals surface area (Å²) in [4.78, 5) is 8.40. The van der Waals surface area contributed by atoms with E-state index >= 15 is 0 Å². The molecule has 15 heavy (non-hydrogen) atoms. The van der Waals surface area contributed by atoms with Crippen LogP contribution in [-0.4, -0.2) is 27.0 Å². The summed E-state index contributed by atoms with van der Waals surface area (Å²) in [5.41, 5.74) is 2.53. The number of hydrogen-bond donors (Lipinski definition) is 1. The summed E-state index contributed by atoms with van der Waals surface area (Å²) in [6, 6.07) is 0. The van der Waals surface area contributed by atoms with Gasteiger partial charge < -0.3 is 9.72 Å². The average molecular weight is 202 g/mol. The molecule has 2 heterocycles. The van der Waals surface area contributed by atoms with Crippen molar-refractivity contribution in [3.63, 3.8) is 0 Å². The van der Waals surface area contributed by atoms with Crippen LogP contribution in [0.25, 0.3) is 5.65 Å². The number of nitrogens with zero attached hydrogens (tertiary/aromatic N) is 3. The molecule has 0 unspecified atom stereocenters. The van der Waals surface area contributed by atoms with Gasteiger partial charge in [-0.05, 0) is 19.9 Å². The van der Waals surface area contributed by atoms with Crippen molar-refractivity contribution < 1.29 is 0 Å². The number of aromatic nitrogens is 3. The van der Waals surface area contributed by atoms with Gasteiger partial charge in [0.25, 0.3) is 0 Å². The average Bonchev–Trinajstić information content (AvgIpc) is 2.95. The Morgan fingerprint density at radius 1 is 1.47 bits per heavy atom. The largest absolute Gasteiger partial charge is 0.314 e. The first-order valence-corrected chi connectivity index (χ1v) is 5.28. The predicted octanol–water partition coefficient (Wildman–Crippen LogP) is 1.02. The van der Waals surface area contributed by atoms with Crippen LogP contribution in [0.2, 0.25) is 0 Å². The van der Waals surface area contributed by atoms with Crippen molar-refractivity contribution in [2.24, 2.45) is 0 Å². The molecule has 1 N–H and O–H groups in total. The topological polar surface area (TPSA) is 42.2 Å². The number of fused-ring (bicyclic) bond motifs is 1. The third-order valence-corrected chi connectivity index (χ3v) is 3.30. The minimum atomic E-state index is 0.333. The van der Waals surface area contributed by atoms with Gasteiger partial charge in [0.15, 0.2) is 5.65 Å². The van der Waals surface area contributed by atoms with E-state index in [2.05, 4.69) is 19.7 Å². The highest BCUT2D eigenvalue weighted by Gasteiger charge is 2.41. The molecule has 0 aliphatic heterocycles. The summed E-state index contributed by atoms with van der Waals surface area (Å²) in [6.45, 7) is 0. The van der Waals surface area contributed by atoms with Gasteiger partial charge in [0.1, 0.15) is 0 Å². The quantitative estimate of drug-likeness (QED) is 0.808. The van der Waals surface area contributed by atoms with E-state index in [0.29, 0.717) is 5.54 Å². The first kappa shape index (κ1) is 8.85. The van der Waals surface area contributed by atoms with E-state index in [1.165, 1.54) is 18.5 Å². The van der Waals surface area contributed by atoms with Crippen LogP contribution >= 0.6 is 0 Å². The van der Waals surface area contributed by atoms with Crippen molar-refractivity contribution in [3.05, 3.63) is 30.5 Å². The third-order valence-electron chi connectivity index (χ3n) is 3.30. The molecule has 2 aromatic heterocycles. The monoisotopic (exact) mass is 202 g/mol. The van der Waals surface area contributed by atoms with Gasteiger partial charge in [-0.3, -0.25) is 4.98 Å². The number of likely N-dealkylation sites (N-methyl/N-ethyl adjacent to an activating group) is 1. The Morgan fingerprint density at radius 3 is 3.07 bits per heavy atom. The van der Waals surface area contributed by atoms with E-state index in [4.69, 9.17) is 0 Å². The lowest BCUT2D eigenvalue weighted by Gasteiger charge is -2.12. The number of imidazole rings is 1. The molecule has 78 valence electrons. The summed E-state index contributed by atoms with van der Waals surface area (Å²) < 4.78 is 2.12. The lowest BCUT2D eigenvalue weighted by atomic mass is 10.1. The fraction of sp³-hybridized carbons (Fsp3) is 0.455.